The quantitative estimate of drug-likeness (QED) is 0.757. The van der Waals surface area contributed by atoms with Crippen LogP contribution in [0.25, 0.3) is 11.4 Å². The largest absolute Gasteiger partial charge is 0.481 e. The number of amides is 1. The summed E-state index contributed by atoms with van der Waals surface area (Å²) in [5.74, 6) is 1.18. The number of nitrogens with zero attached hydrogens (tertiary/aromatic N) is 4. The molecule has 0 saturated heterocycles. The first-order valence-corrected chi connectivity index (χ1v) is 8.59. The fraction of sp³-hybridized carbons (Fsp3) is 0.263. The second kappa shape index (κ2) is 6.71. The van der Waals surface area contributed by atoms with Gasteiger partial charge in [0.15, 0.2) is 0 Å². The normalized spacial score (nSPS) is 13.3. The number of imidazole rings is 1. The number of aromatic amines is 1. The van der Waals surface area contributed by atoms with E-state index in [1.54, 1.807) is 43.6 Å². The molecule has 8 nitrogen and oxygen atoms in total. The Bertz CT molecular complexity index is 1050. The third-order valence-corrected chi connectivity index (χ3v) is 4.67. The molecule has 0 aliphatic carbocycles. The molecule has 0 spiro atoms. The van der Waals surface area contributed by atoms with Gasteiger partial charge >= 0.3 is 0 Å². The maximum Gasteiger partial charge on any atom is 0.255 e. The highest BCUT2D eigenvalue weighted by atomic mass is 16.5. The minimum absolute atomic E-state index is 0.0986. The highest BCUT2D eigenvalue weighted by molar-refractivity contribution is 5.94. The molecule has 4 heterocycles. The van der Waals surface area contributed by atoms with Crippen LogP contribution >= 0.6 is 0 Å². The van der Waals surface area contributed by atoms with Crippen LogP contribution in [0, 0.1) is 0 Å². The van der Waals surface area contributed by atoms with Crippen molar-refractivity contribution in [1.29, 1.82) is 0 Å². The number of carbonyl (C=O) groups is 1. The number of hydrogen-bond acceptors (Lipinski definition) is 5. The molecular formula is C19H19N5O3. The summed E-state index contributed by atoms with van der Waals surface area (Å²) in [5, 5.41) is 0. The average Bonchev–Trinajstić information content (AvgIpc) is 3.13. The molecule has 0 saturated carbocycles. The molecule has 0 bridgehead atoms. The number of hydrogen-bond donors (Lipinski definition) is 1. The zero-order chi connectivity index (χ0) is 19.0. The molecule has 138 valence electrons. The van der Waals surface area contributed by atoms with E-state index in [4.69, 9.17) is 4.74 Å². The third-order valence-electron chi connectivity index (χ3n) is 4.67. The Morgan fingerprint density at radius 2 is 2.11 bits per heavy atom. The number of ether oxygens (including phenoxy) is 1. The Morgan fingerprint density at radius 3 is 2.81 bits per heavy atom. The summed E-state index contributed by atoms with van der Waals surface area (Å²) in [7, 11) is 3.21. The molecule has 8 heteroatoms. The minimum Gasteiger partial charge on any atom is -0.481 e. The molecule has 0 radical (unpaired) electrons. The van der Waals surface area contributed by atoms with Crippen LogP contribution in [-0.2, 0) is 20.0 Å². The highest BCUT2D eigenvalue weighted by Gasteiger charge is 2.25. The number of aromatic nitrogens is 4. The Hall–Kier alpha value is -3.42. The van der Waals surface area contributed by atoms with E-state index in [2.05, 4.69) is 15.0 Å². The molecule has 27 heavy (non-hydrogen) atoms. The molecule has 1 aliphatic heterocycles. The second-order valence-electron chi connectivity index (χ2n) is 6.44. The Labute approximate surface area is 155 Å². The Balaban J connectivity index is 1.56. The first-order valence-electron chi connectivity index (χ1n) is 8.59. The van der Waals surface area contributed by atoms with Gasteiger partial charge in [-0.25, -0.2) is 9.97 Å². The number of methoxy groups -OCH3 is 1. The molecule has 1 N–H and O–H groups in total. The van der Waals surface area contributed by atoms with Crippen LogP contribution in [0.3, 0.4) is 0 Å². The third kappa shape index (κ3) is 3.21. The standard InChI is InChI=1S/C19H19N5O3/c1-23-10-13(4-6-17(23)25)19(26)24-8-7-14-15(11-24)22-18(21-14)12-3-5-16(27-2)20-9-12/h3-6,9-10H,7-8,11H2,1-2H3,(H,21,22). The number of aryl methyl sites for hydroxylation is 1. The van der Waals surface area contributed by atoms with Gasteiger partial charge in [0.05, 0.1) is 30.6 Å². The van der Waals surface area contributed by atoms with Crippen LogP contribution < -0.4 is 10.3 Å². The number of H-pyrrole nitrogens is 1. The molecule has 0 atom stereocenters. The first kappa shape index (κ1) is 17.0. The van der Waals surface area contributed by atoms with E-state index in [0.717, 1.165) is 22.8 Å². The molecule has 3 aromatic rings. The second-order valence-corrected chi connectivity index (χ2v) is 6.44. The predicted octanol–water partition coefficient (Wildman–Crippen LogP) is 1.38. The van der Waals surface area contributed by atoms with E-state index in [9.17, 15) is 9.59 Å². The summed E-state index contributed by atoms with van der Waals surface area (Å²) in [6.45, 7) is 1.04. The smallest absolute Gasteiger partial charge is 0.255 e. The monoisotopic (exact) mass is 365 g/mol. The van der Waals surface area contributed by atoms with Crippen molar-refractivity contribution < 1.29 is 9.53 Å². The van der Waals surface area contributed by atoms with E-state index < -0.39 is 0 Å². The van der Waals surface area contributed by atoms with Gasteiger partial charge in [-0.1, -0.05) is 0 Å². The van der Waals surface area contributed by atoms with Gasteiger partial charge in [0.2, 0.25) is 11.4 Å². The zero-order valence-corrected chi connectivity index (χ0v) is 15.1. The molecule has 0 fully saturated rings. The van der Waals surface area contributed by atoms with Crippen LogP contribution in [0.5, 0.6) is 5.88 Å². The molecule has 3 aromatic heterocycles. The number of carbonyl (C=O) groups excluding carboxylic acids is 1. The molecule has 1 amide bonds. The number of rotatable bonds is 3. The topological polar surface area (TPSA) is 93.1 Å². The maximum absolute atomic E-state index is 12.8. The fourth-order valence-electron chi connectivity index (χ4n) is 3.15. The summed E-state index contributed by atoms with van der Waals surface area (Å²) in [5.41, 5.74) is 3.11. The fourth-order valence-corrected chi connectivity index (χ4v) is 3.15. The van der Waals surface area contributed by atoms with E-state index in [0.29, 0.717) is 31.0 Å². The highest BCUT2D eigenvalue weighted by Crippen LogP contribution is 2.24. The lowest BCUT2D eigenvalue weighted by molar-refractivity contribution is 0.0731. The van der Waals surface area contributed by atoms with E-state index in [1.807, 2.05) is 6.07 Å². The van der Waals surface area contributed by atoms with Gasteiger partial charge in [-0.05, 0) is 12.1 Å². The molecule has 1 aliphatic rings. The maximum atomic E-state index is 12.8. The van der Waals surface area contributed by atoms with Crippen LogP contribution in [-0.4, -0.2) is 44.0 Å². The molecular weight excluding hydrogens is 346 g/mol. The zero-order valence-electron chi connectivity index (χ0n) is 15.1. The van der Waals surface area contributed by atoms with Gasteiger partial charge in [-0.2, -0.15) is 0 Å². The number of pyridine rings is 2. The van der Waals surface area contributed by atoms with Gasteiger partial charge in [0.1, 0.15) is 5.82 Å². The van der Waals surface area contributed by atoms with Crippen molar-refractivity contribution >= 4 is 5.91 Å². The van der Waals surface area contributed by atoms with Crippen molar-refractivity contribution in [2.24, 2.45) is 7.05 Å². The lowest BCUT2D eigenvalue weighted by Crippen LogP contribution is -2.36. The number of nitrogens with one attached hydrogen (secondary N) is 1. The molecule has 4 rings (SSSR count). The van der Waals surface area contributed by atoms with Crippen molar-refractivity contribution in [2.45, 2.75) is 13.0 Å². The van der Waals surface area contributed by atoms with E-state index in [1.165, 1.54) is 10.6 Å². The SMILES string of the molecule is COc1ccc(-c2nc3c([nH]2)CN(C(=O)c2ccc(=O)n(C)c2)CC3)cn1. The summed E-state index contributed by atoms with van der Waals surface area (Å²) in [4.78, 5) is 38.2. The molecule has 0 unspecified atom stereocenters. The molecule has 0 aromatic carbocycles. The van der Waals surface area contributed by atoms with Gasteiger partial charge in [-0.3, -0.25) is 9.59 Å². The lowest BCUT2D eigenvalue weighted by Gasteiger charge is -2.26. The van der Waals surface area contributed by atoms with Crippen LogP contribution in [0.2, 0.25) is 0 Å². The van der Waals surface area contributed by atoms with Gasteiger partial charge < -0.3 is 19.2 Å². The average molecular weight is 365 g/mol. The lowest BCUT2D eigenvalue weighted by atomic mass is 10.1. The Morgan fingerprint density at radius 1 is 1.26 bits per heavy atom. The van der Waals surface area contributed by atoms with Crippen molar-refractivity contribution in [1.82, 2.24) is 24.4 Å². The van der Waals surface area contributed by atoms with Gasteiger partial charge in [0.25, 0.3) is 5.91 Å². The summed E-state index contributed by atoms with van der Waals surface area (Å²) < 4.78 is 6.49. The Kier molecular flexibility index (Phi) is 4.23. The minimum atomic E-state index is -0.140. The van der Waals surface area contributed by atoms with E-state index in [-0.39, 0.29) is 11.5 Å². The van der Waals surface area contributed by atoms with Crippen molar-refractivity contribution in [3.05, 3.63) is 64.0 Å². The number of fused-ring (bicyclic) bond motifs is 1. The summed E-state index contributed by atoms with van der Waals surface area (Å²) >= 11 is 0. The van der Waals surface area contributed by atoms with Crippen LogP contribution in [0.15, 0.2) is 41.5 Å². The summed E-state index contributed by atoms with van der Waals surface area (Å²) in [6.07, 6.45) is 3.95. The van der Waals surface area contributed by atoms with Gasteiger partial charge in [-0.15, -0.1) is 0 Å². The van der Waals surface area contributed by atoms with Crippen LogP contribution in [0.1, 0.15) is 21.7 Å². The van der Waals surface area contributed by atoms with Crippen LogP contribution in [0.4, 0.5) is 0 Å². The van der Waals surface area contributed by atoms with Crippen molar-refractivity contribution in [3.63, 3.8) is 0 Å². The van der Waals surface area contributed by atoms with Gasteiger partial charge in [0, 0.05) is 50.1 Å². The van der Waals surface area contributed by atoms with E-state index >= 15 is 0 Å². The first-order chi connectivity index (χ1) is 13.0. The summed E-state index contributed by atoms with van der Waals surface area (Å²) in [6, 6.07) is 6.66. The van der Waals surface area contributed by atoms with Crippen molar-refractivity contribution in [2.75, 3.05) is 13.7 Å². The van der Waals surface area contributed by atoms with Crippen molar-refractivity contribution in [3.8, 4) is 17.3 Å². The predicted molar refractivity (Wildman–Crippen MR) is 98.5 cm³/mol.